The Labute approximate surface area is 43.0 Å². The highest BCUT2D eigenvalue weighted by atomic mass is 19.1. The minimum absolute atomic E-state index is 0.0891. The molecule has 0 atom stereocenters. The average molecular weight is 100 g/mol. The van der Waals surface area contributed by atoms with E-state index in [1.54, 1.807) is 6.08 Å². The van der Waals surface area contributed by atoms with Gasteiger partial charge in [-0.05, 0) is 25.7 Å². The Morgan fingerprint density at radius 1 is 1.43 bits per heavy atom. The Kier molecular flexibility index (Phi) is 1.45. The Bertz CT molecular complexity index is 84.2. The third-order valence-corrected chi connectivity index (χ3v) is 1.24. The molecule has 0 aromatic heterocycles. The van der Waals surface area contributed by atoms with Gasteiger partial charge in [0.2, 0.25) is 0 Å². The highest BCUT2D eigenvalue weighted by molar-refractivity contribution is 4.94. The largest absolute Gasteiger partial charge is 0.212 e. The van der Waals surface area contributed by atoms with Crippen molar-refractivity contribution in [3.05, 3.63) is 11.9 Å². The maximum absolute atomic E-state index is 12.0. The summed E-state index contributed by atoms with van der Waals surface area (Å²) in [6, 6.07) is 0. The van der Waals surface area contributed by atoms with E-state index in [1.807, 2.05) is 0 Å². The van der Waals surface area contributed by atoms with Gasteiger partial charge in [-0.2, -0.15) is 0 Å². The highest BCUT2D eigenvalue weighted by Gasteiger charge is 1.99. The summed E-state index contributed by atoms with van der Waals surface area (Å²) >= 11 is 0. The molecule has 0 radical (unpaired) electrons. The van der Waals surface area contributed by atoms with Crippen molar-refractivity contribution in [1.29, 1.82) is 0 Å². The molecule has 0 fully saturated rings. The summed E-state index contributed by atoms with van der Waals surface area (Å²) in [7, 11) is 0. The standard InChI is InChI=1S/C6H9F/c7-6-4-2-1-3-5-6/h4H,1-3,5H2. The van der Waals surface area contributed by atoms with Crippen LogP contribution in [0.15, 0.2) is 11.9 Å². The molecule has 0 amide bonds. The molecule has 0 aliphatic heterocycles. The van der Waals surface area contributed by atoms with Crippen molar-refractivity contribution in [2.45, 2.75) is 25.7 Å². The number of hydrogen-bond acceptors (Lipinski definition) is 0. The van der Waals surface area contributed by atoms with Gasteiger partial charge in [-0.15, -0.1) is 0 Å². The summed E-state index contributed by atoms with van der Waals surface area (Å²) in [5.74, 6) is 0.0891. The Morgan fingerprint density at radius 2 is 2.29 bits per heavy atom. The molecule has 0 saturated heterocycles. The van der Waals surface area contributed by atoms with Gasteiger partial charge < -0.3 is 0 Å². The van der Waals surface area contributed by atoms with Crippen molar-refractivity contribution >= 4 is 0 Å². The second kappa shape index (κ2) is 2.10. The molecule has 0 unspecified atom stereocenters. The van der Waals surface area contributed by atoms with Gasteiger partial charge in [-0.1, -0.05) is 6.08 Å². The van der Waals surface area contributed by atoms with E-state index in [9.17, 15) is 4.39 Å². The molecular formula is C6H9F. The first-order valence-corrected chi connectivity index (χ1v) is 2.74. The predicted octanol–water partition coefficient (Wildman–Crippen LogP) is 2.41. The van der Waals surface area contributed by atoms with Crippen molar-refractivity contribution in [3.63, 3.8) is 0 Å². The zero-order valence-corrected chi connectivity index (χ0v) is 4.28. The minimum Gasteiger partial charge on any atom is -0.212 e. The van der Waals surface area contributed by atoms with Crippen LogP contribution in [-0.2, 0) is 0 Å². The first-order chi connectivity index (χ1) is 3.39. The molecule has 0 saturated carbocycles. The lowest BCUT2D eigenvalue weighted by molar-refractivity contribution is 0.533. The van der Waals surface area contributed by atoms with E-state index in [2.05, 4.69) is 0 Å². The van der Waals surface area contributed by atoms with E-state index in [-0.39, 0.29) is 5.83 Å². The molecule has 0 N–H and O–H groups in total. The second-order valence-corrected chi connectivity index (χ2v) is 1.90. The van der Waals surface area contributed by atoms with Crippen molar-refractivity contribution in [3.8, 4) is 0 Å². The summed E-state index contributed by atoms with van der Waals surface area (Å²) < 4.78 is 12.0. The normalized spacial score (nSPS) is 21.6. The van der Waals surface area contributed by atoms with Gasteiger partial charge >= 0.3 is 0 Å². The molecule has 0 bridgehead atoms. The third kappa shape index (κ3) is 1.30. The Hall–Kier alpha value is -0.330. The van der Waals surface area contributed by atoms with Crippen LogP contribution in [0.1, 0.15) is 25.7 Å². The summed E-state index contributed by atoms with van der Waals surface area (Å²) in [5, 5.41) is 0. The van der Waals surface area contributed by atoms with Crippen molar-refractivity contribution < 1.29 is 4.39 Å². The van der Waals surface area contributed by atoms with E-state index < -0.39 is 0 Å². The van der Waals surface area contributed by atoms with E-state index >= 15 is 0 Å². The van der Waals surface area contributed by atoms with Crippen LogP contribution < -0.4 is 0 Å². The summed E-state index contributed by atoms with van der Waals surface area (Å²) in [6.45, 7) is 0. The number of allylic oxidation sites excluding steroid dienone is 2. The molecule has 1 heteroatoms. The lowest BCUT2D eigenvalue weighted by Crippen LogP contribution is -1.84. The molecule has 7 heavy (non-hydrogen) atoms. The molecule has 0 spiro atoms. The molecule has 0 nitrogen and oxygen atoms in total. The van der Waals surface area contributed by atoms with Gasteiger partial charge in [-0.3, -0.25) is 0 Å². The maximum Gasteiger partial charge on any atom is 0.0959 e. The first-order valence-electron chi connectivity index (χ1n) is 2.74. The quantitative estimate of drug-likeness (QED) is 0.438. The van der Waals surface area contributed by atoms with Crippen LogP contribution in [0.2, 0.25) is 0 Å². The zero-order chi connectivity index (χ0) is 5.11. The van der Waals surface area contributed by atoms with E-state index in [1.165, 1.54) is 6.42 Å². The van der Waals surface area contributed by atoms with Crippen LogP contribution in [0.4, 0.5) is 4.39 Å². The highest BCUT2D eigenvalue weighted by Crippen LogP contribution is 2.17. The molecule has 1 rings (SSSR count). The van der Waals surface area contributed by atoms with E-state index in [0.717, 1.165) is 12.8 Å². The smallest absolute Gasteiger partial charge is 0.0959 e. The molecule has 1 aliphatic rings. The van der Waals surface area contributed by atoms with Gasteiger partial charge in [0.1, 0.15) is 0 Å². The molecule has 40 valence electrons. The summed E-state index contributed by atoms with van der Waals surface area (Å²) in [5.41, 5.74) is 0. The maximum atomic E-state index is 12.0. The molecule has 0 aromatic rings. The monoisotopic (exact) mass is 100 g/mol. The van der Waals surface area contributed by atoms with Gasteiger partial charge in [0.25, 0.3) is 0 Å². The van der Waals surface area contributed by atoms with Gasteiger partial charge in [0.15, 0.2) is 0 Å². The SMILES string of the molecule is FC1=CCCCC1. The molecule has 0 heterocycles. The fraction of sp³-hybridized carbons (Fsp3) is 0.667. The van der Waals surface area contributed by atoms with Gasteiger partial charge in [0.05, 0.1) is 5.83 Å². The Morgan fingerprint density at radius 3 is 2.57 bits per heavy atom. The van der Waals surface area contributed by atoms with Crippen molar-refractivity contribution in [2.75, 3.05) is 0 Å². The van der Waals surface area contributed by atoms with Crippen molar-refractivity contribution in [1.82, 2.24) is 0 Å². The number of hydrogen-bond donors (Lipinski definition) is 0. The second-order valence-electron chi connectivity index (χ2n) is 1.90. The number of rotatable bonds is 0. The van der Waals surface area contributed by atoms with Gasteiger partial charge in [-0.25, -0.2) is 4.39 Å². The van der Waals surface area contributed by atoms with Crippen LogP contribution in [0.3, 0.4) is 0 Å². The van der Waals surface area contributed by atoms with E-state index in [4.69, 9.17) is 0 Å². The minimum atomic E-state index is 0.0891. The summed E-state index contributed by atoms with van der Waals surface area (Å²) in [4.78, 5) is 0. The molecule has 1 aliphatic carbocycles. The topological polar surface area (TPSA) is 0 Å². The lowest BCUT2D eigenvalue weighted by atomic mass is 10.1. The molecular weight excluding hydrogens is 91.1 g/mol. The van der Waals surface area contributed by atoms with E-state index in [0.29, 0.717) is 6.42 Å². The lowest BCUT2D eigenvalue weighted by Gasteiger charge is -2.02. The number of halogens is 1. The zero-order valence-electron chi connectivity index (χ0n) is 4.28. The molecule has 0 aromatic carbocycles. The first kappa shape index (κ1) is 4.82. The van der Waals surface area contributed by atoms with Crippen LogP contribution in [-0.4, -0.2) is 0 Å². The Balaban J connectivity index is 2.40. The van der Waals surface area contributed by atoms with Crippen LogP contribution in [0.5, 0.6) is 0 Å². The van der Waals surface area contributed by atoms with Gasteiger partial charge in [0, 0.05) is 0 Å². The fourth-order valence-electron chi connectivity index (χ4n) is 0.799. The fourth-order valence-corrected chi connectivity index (χ4v) is 0.799. The summed E-state index contributed by atoms with van der Waals surface area (Å²) in [6.07, 6.45) is 5.53. The van der Waals surface area contributed by atoms with Crippen LogP contribution in [0, 0.1) is 0 Å². The van der Waals surface area contributed by atoms with Crippen LogP contribution in [0.25, 0.3) is 0 Å². The average Bonchev–Trinajstić information content (AvgIpc) is 1.69. The van der Waals surface area contributed by atoms with Crippen LogP contribution >= 0.6 is 0 Å². The predicted molar refractivity (Wildman–Crippen MR) is 27.7 cm³/mol. The third-order valence-electron chi connectivity index (χ3n) is 1.24. The van der Waals surface area contributed by atoms with Crippen molar-refractivity contribution in [2.24, 2.45) is 0 Å².